The van der Waals surface area contributed by atoms with Gasteiger partial charge in [-0.05, 0) is 55.9 Å². The molecule has 24 heavy (non-hydrogen) atoms. The second-order valence-electron chi connectivity index (χ2n) is 8.35. The Morgan fingerprint density at radius 3 is 2.67 bits per heavy atom. The summed E-state index contributed by atoms with van der Waals surface area (Å²) in [5.41, 5.74) is 1.73. The van der Waals surface area contributed by atoms with Gasteiger partial charge in [0.05, 0.1) is 0 Å². The number of amides is 1. The van der Waals surface area contributed by atoms with Crippen LogP contribution >= 0.6 is 0 Å². The fraction of sp³-hybridized carbons (Fsp3) is 0.737. The van der Waals surface area contributed by atoms with Crippen molar-refractivity contribution in [2.75, 3.05) is 0 Å². The van der Waals surface area contributed by atoms with Crippen LogP contribution < -0.4 is 11.0 Å². The van der Waals surface area contributed by atoms with E-state index < -0.39 is 0 Å². The first-order valence-electron chi connectivity index (χ1n) is 9.04. The lowest BCUT2D eigenvalue weighted by atomic mass is 9.45. The van der Waals surface area contributed by atoms with Gasteiger partial charge in [0, 0.05) is 30.4 Å². The molecule has 0 spiro atoms. The minimum absolute atomic E-state index is 0.0397. The highest BCUT2D eigenvalue weighted by molar-refractivity contribution is 5.76. The summed E-state index contributed by atoms with van der Waals surface area (Å²) in [6.45, 7) is 11.1. The van der Waals surface area contributed by atoms with E-state index in [1.807, 2.05) is 19.9 Å². The van der Waals surface area contributed by atoms with E-state index in [9.17, 15) is 9.59 Å². The zero-order valence-corrected chi connectivity index (χ0v) is 15.4. The number of nitrogens with zero attached hydrogens (tertiary/aromatic N) is 2. The summed E-state index contributed by atoms with van der Waals surface area (Å²) in [6, 6.07) is 2.15. The van der Waals surface area contributed by atoms with Crippen molar-refractivity contribution in [2.45, 2.75) is 66.5 Å². The maximum atomic E-state index is 12.4. The Labute approximate surface area is 143 Å². The quantitative estimate of drug-likeness (QED) is 0.921. The van der Waals surface area contributed by atoms with Gasteiger partial charge >= 0.3 is 5.69 Å². The second-order valence-corrected chi connectivity index (χ2v) is 8.35. The second kappa shape index (κ2) is 6.01. The number of nitrogens with one attached hydrogen (secondary N) is 1. The molecule has 1 amide bonds. The number of rotatable bonds is 4. The van der Waals surface area contributed by atoms with E-state index >= 15 is 0 Å². The molecule has 0 saturated heterocycles. The van der Waals surface area contributed by atoms with Gasteiger partial charge < -0.3 is 5.32 Å². The summed E-state index contributed by atoms with van der Waals surface area (Å²) >= 11 is 0. The fourth-order valence-electron chi connectivity index (χ4n) is 4.88. The average molecular weight is 331 g/mol. The molecule has 5 nitrogen and oxygen atoms in total. The predicted octanol–water partition coefficient (Wildman–Crippen LogP) is 2.44. The number of carbonyl (C=O) groups excluding carboxylic acids is 1. The monoisotopic (exact) mass is 331 g/mol. The van der Waals surface area contributed by atoms with Crippen LogP contribution in [0.2, 0.25) is 0 Å². The van der Waals surface area contributed by atoms with Crippen molar-refractivity contribution in [3.63, 3.8) is 0 Å². The first-order valence-corrected chi connectivity index (χ1v) is 9.04. The van der Waals surface area contributed by atoms with Crippen LogP contribution in [0, 0.1) is 37.0 Å². The number of fused-ring (bicyclic) bond motifs is 2. The van der Waals surface area contributed by atoms with Crippen molar-refractivity contribution in [3.05, 3.63) is 27.9 Å². The molecule has 2 bridgehead atoms. The highest BCUT2D eigenvalue weighted by Gasteiger charge is 2.56. The van der Waals surface area contributed by atoms with E-state index in [1.165, 1.54) is 6.42 Å². The van der Waals surface area contributed by atoms with Gasteiger partial charge in [-0.3, -0.25) is 9.36 Å². The lowest BCUT2D eigenvalue weighted by Gasteiger charge is -2.62. The molecule has 3 aliphatic rings. The van der Waals surface area contributed by atoms with Crippen LogP contribution in [0.3, 0.4) is 0 Å². The van der Waals surface area contributed by atoms with Gasteiger partial charge in [0.1, 0.15) is 0 Å². The lowest BCUT2D eigenvalue weighted by molar-refractivity contribution is -0.134. The van der Waals surface area contributed by atoms with Gasteiger partial charge in [0.25, 0.3) is 0 Å². The Morgan fingerprint density at radius 1 is 1.38 bits per heavy atom. The lowest BCUT2D eigenvalue weighted by Crippen LogP contribution is -2.60. The number of hydrogen-bond donors (Lipinski definition) is 1. The number of aryl methyl sites for hydroxylation is 2. The fourth-order valence-corrected chi connectivity index (χ4v) is 4.88. The molecule has 1 heterocycles. The molecule has 0 aromatic carbocycles. The molecule has 0 radical (unpaired) electrons. The third-order valence-corrected chi connectivity index (χ3v) is 6.61. The van der Waals surface area contributed by atoms with Crippen LogP contribution in [0.25, 0.3) is 0 Å². The maximum absolute atomic E-state index is 12.4. The van der Waals surface area contributed by atoms with Gasteiger partial charge in [0.15, 0.2) is 0 Å². The van der Waals surface area contributed by atoms with Crippen LogP contribution in [0.1, 0.15) is 51.4 Å². The average Bonchev–Trinajstić information content (AvgIpc) is 2.47. The standard InChI is InChI=1S/C19H29N3O2/c1-11-8-12(2)22(18(24)20-11)7-6-17(23)21-16-10-14-9-15(13(16)3)19(14,4)5/h8,13-16H,6-7,9-10H2,1-5H3,(H,21,23)/t13-,14+,15-,16-/m1/s1. The molecule has 4 atom stereocenters. The van der Waals surface area contributed by atoms with E-state index in [2.05, 4.69) is 31.1 Å². The normalized spacial score (nSPS) is 30.5. The van der Waals surface area contributed by atoms with Crippen molar-refractivity contribution in [3.8, 4) is 0 Å². The van der Waals surface area contributed by atoms with Crippen LogP contribution in [-0.2, 0) is 11.3 Å². The van der Waals surface area contributed by atoms with E-state index in [1.54, 1.807) is 4.57 Å². The maximum Gasteiger partial charge on any atom is 0.347 e. The molecule has 3 fully saturated rings. The van der Waals surface area contributed by atoms with Crippen molar-refractivity contribution in [1.82, 2.24) is 14.9 Å². The smallest absolute Gasteiger partial charge is 0.347 e. The topological polar surface area (TPSA) is 64.0 Å². The third-order valence-electron chi connectivity index (χ3n) is 6.61. The summed E-state index contributed by atoms with van der Waals surface area (Å²) in [6.07, 6.45) is 2.72. The van der Waals surface area contributed by atoms with Crippen molar-refractivity contribution >= 4 is 5.91 Å². The molecule has 4 rings (SSSR count). The number of hydrogen-bond acceptors (Lipinski definition) is 3. The molecular weight excluding hydrogens is 302 g/mol. The Hall–Kier alpha value is -1.65. The van der Waals surface area contributed by atoms with E-state index in [4.69, 9.17) is 0 Å². The van der Waals surface area contributed by atoms with Crippen LogP contribution in [0.5, 0.6) is 0 Å². The largest absolute Gasteiger partial charge is 0.353 e. The summed E-state index contributed by atoms with van der Waals surface area (Å²) < 4.78 is 1.58. The van der Waals surface area contributed by atoms with E-state index in [0.29, 0.717) is 30.2 Å². The summed E-state index contributed by atoms with van der Waals surface area (Å²) in [5, 5.41) is 3.21. The van der Waals surface area contributed by atoms with E-state index in [0.717, 1.165) is 23.7 Å². The van der Waals surface area contributed by atoms with Crippen LogP contribution in [0.4, 0.5) is 0 Å². The van der Waals surface area contributed by atoms with Crippen molar-refractivity contribution in [1.29, 1.82) is 0 Å². The van der Waals surface area contributed by atoms with Gasteiger partial charge in [-0.2, -0.15) is 4.98 Å². The SMILES string of the molecule is Cc1cc(C)n(CCC(=O)N[C@@H]2C[C@@H]3C[C@H]([C@H]2C)C3(C)C)c(=O)n1. The Kier molecular flexibility index (Phi) is 4.30. The zero-order valence-electron chi connectivity index (χ0n) is 15.4. The number of carbonyl (C=O) groups is 1. The highest BCUT2D eigenvalue weighted by Crippen LogP contribution is 2.61. The highest BCUT2D eigenvalue weighted by atomic mass is 16.2. The molecule has 1 aromatic rings. The molecule has 5 heteroatoms. The minimum atomic E-state index is -0.269. The summed E-state index contributed by atoms with van der Waals surface area (Å²) in [7, 11) is 0. The Bertz CT molecular complexity index is 707. The molecule has 1 aromatic heterocycles. The van der Waals surface area contributed by atoms with Crippen molar-refractivity contribution < 1.29 is 4.79 Å². The Morgan fingerprint density at radius 2 is 2.08 bits per heavy atom. The minimum Gasteiger partial charge on any atom is -0.353 e. The zero-order chi connectivity index (χ0) is 17.6. The summed E-state index contributed by atoms with van der Waals surface area (Å²) in [4.78, 5) is 28.3. The van der Waals surface area contributed by atoms with Gasteiger partial charge in [0.2, 0.25) is 5.91 Å². The first kappa shape index (κ1) is 17.2. The molecule has 0 aliphatic heterocycles. The molecule has 3 aliphatic carbocycles. The van der Waals surface area contributed by atoms with Crippen molar-refractivity contribution in [2.24, 2.45) is 23.2 Å². The molecule has 3 saturated carbocycles. The molecule has 0 unspecified atom stereocenters. The first-order chi connectivity index (χ1) is 11.2. The summed E-state index contributed by atoms with van der Waals surface area (Å²) in [5.74, 6) is 2.01. The number of aromatic nitrogens is 2. The molecule has 132 valence electrons. The third kappa shape index (κ3) is 2.89. The van der Waals surface area contributed by atoms with Gasteiger partial charge in [-0.25, -0.2) is 4.79 Å². The van der Waals surface area contributed by atoms with Gasteiger partial charge in [-0.1, -0.05) is 20.8 Å². The van der Waals surface area contributed by atoms with Crippen LogP contribution in [0.15, 0.2) is 10.9 Å². The van der Waals surface area contributed by atoms with Gasteiger partial charge in [-0.15, -0.1) is 0 Å². The molecular formula is C19H29N3O2. The predicted molar refractivity (Wildman–Crippen MR) is 93.7 cm³/mol. The Balaban J connectivity index is 1.57. The van der Waals surface area contributed by atoms with E-state index in [-0.39, 0.29) is 17.6 Å². The van der Waals surface area contributed by atoms with Crippen LogP contribution in [-0.4, -0.2) is 21.5 Å². The molecule has 1 N–H and O–H groups in total.